The van der Waals surface area contributed by atoms with Crippen molar-refractivity contribution in [3.63, 3.8) is 0 Å². The first-order valence-electron chi connectivity index (χ1n) is 9.60. The van der Waals surface area contributed by atoms with Crippen molar-refractivity contribution in [2.75, 3.05) is 52.2 Å². The SMILES string of the molecule is CN=C(NCc1ccnc(N2CCN(C)CC2)c1)N(C)Cc1cccc(Cl)c1. The summed E-state index contributed by atoms with van der Waals surface area (Å²) in [4.78, 5) is 15.8. The van der Waals surface area contributed by atoms with Crippen molar-refractivity contribution < 1.29 is 0 Å². The fourth-order valence-corrected chi connectivity index (χ4v) is 3.54. The lowest BCUT2D eigenvalue weighted by atomic mass is 10.2. The molecule has 0 bridgehead atoms. The Labute approximate surface area is 172 Å². The first-order chi connectivity index (χ1) is 13.5. The molecule has 1 aliphatic rings. The second-order valence-electron chi connectivity index (χ2n) is 7.20. The van der Waals surface area contributed by atoms with Gasteiger partial charge in [-0.25, -0.2) is 4.98 Å². The fourth-order valence-electron chi connectivity index (χ4n) is 3.33. The number of halogens is 1. The van der Waals surface area contributed by atoms with Crippen LogP contribution in [-0.4, -0.2) is 68.1 Å². The van der Waals surface area contributed by atoms with E-state index in [2.05, 4.69) is 55.2 Å². The quantitative estimate of drug-likeness (QED) is 0.617. The second kappa shape index (κ2) is 9.75. The minimum absolute atomic E-state index is 0.704. The largest absolute Gasteiger partial charge is 0.354 e. The standard InChI is InChI=1S/C21H29ClN6/c1-23-21(27(3)16-18-5-4-6-19(22)13-18)25-15-17-7-8-24-20(14-17)28-11-9-26(2)10-12-28/h4-8,13-14H,9-12,15-16H2,1-3H3,(H,23,25). The molecule has 1 aliphatic heterocycles. The Bertz CT molecular complexity index is 801. The van der Waals surface area contributed by atoms with Gasteiger partial charge >= 0.3 is 0 Å². The molecule has 1 aromatic heterocycles. The summed E-state index contributed by atoms with van der Waals surface area (Å²) < 4.78 is 0. The minimum atomic E-state index is 0.704. The van der Waals surface area contributed by atoms with Gasteiger partial charge in [0.25, 0.3) is 0 Å². The van der Waals surface area contributed by atoms with Crippen LogP contribution in [0.4, 0.5) is 5.82 Å². The van der Waals surface area contributed by atoms with Crippen LogP contribution in [0, 0.1) is 0 Å². The average molecular weight is 401 g/mol. The molecule has 0 radical (unpaired) electrons. The summed E-state index contributed by atoms with van der Waals surface area (Å²) in [5.74, 6) is 1.90. The van der Waals surface area contributed by atoms with Gasteiger partial charge in [-0.2, -0.15) is 0 Å². The number of anilines is 1. The molecule has 1 saturated heterocycles. The summed E-state index contributed by atoms with van der Waals surface area (Å²) in [7, 11) is 5.99. The highest BCUT2D eigenvalue weighted by Gasteiger charge is 2.15. The summed E-state index contributed by atoms with van der Waals surface area (Å²) in [6.07, 6.45) is 1.89. The van der Waals surface area contributed by atoms with Gasteiger partial charge in [0, 0.05) is 64.6 Å². The Morgan fingerprint density at radius 3 is 2.68 bits per heavy atom. The Morgan fingerprint density at radius 2 is 1.96 bits per heavy atom. The normalized spacial score (nSPS) is 15.6. The van der Waals surface area contributed by atoms with Crippen LogP contribution in [0.1, 0.15) is 11.1 Å². The maximum absolute atomic E-state index is 6.09. The number of aromatic nitrogens is 1. The number of nitrogens with zero attached hydrogens (tertiary/aromatic N) is 5. The third-order valence-corrected chi connectivity index (χ3v) is 5.21. The first kappa shape index (κ1) is 20.4. The van der Waals surface area contributed by atoms with E-state index in [9.17, 15) is 0 Å². The van der Waals surface area contributed by atoms with E-state index in [0.717, 1.165) is 55.1 Å². The molecule has 7 heteroatoms. The van der Waals surface area contributed by atoms with E-state index in [1.807, 2.05) is 31.4 Å². The van der Waals surface area contributed by atoms with Crippen molar-refractivity contribution >= 4 is 23.4 Å². The predicted octanol–water partition coefficient (Wildman–Crippen LogP) is 2.69. The molecule has 6 nitrogen and oxygen atoms in total. The Balaban J connectivity index is 1.58. The summed E-state index contributed by atoms with van der Waals surface area (Å²) >= 11 is 6.09. The lowest BCUT2D eigenvalue weighted by Crippen LogP contribution is -2.44. The van der Waals surface area contributed by atoms with Gasteiger partial charge in [0.2, 0.25) is 0 Å². The number of rotatable bonds is 5. The van der Waals surface area contributed by atoms with Gasteiger partial charge in [-0.1, -0.05) is 23.7 Å². The first-order valence-corrected chi connectivity index (χ1v) is 9.97. The van der Waals surface area contributed by atoms with Gasteiger partial charge in [-0.05, 0) is 42.4 Å². The van der Waals surface area contributed by atoms with E-state index in [1.165, 1.54) is 5.56 Å². The Hall–Kier alpha value is -2.31. The number of hydrogen-bond donors (Lipinski definition) is 1. The van der Waals surface area contributed by atoms with Crippen LogP contribution >= 0.6 is 11.6 Å². The van der Waals surface area contributed by atoms with Crippen LogP contribution in [0.25, 0.3) is 0 Å². The molecular weight excluding hydrogens is 372 g/mol. The third kappa shape index (κ3) is 5.59. The molecule has 3 rings (SSSR count). The van der Waals surface area contributed by atoms with Gasteiger partial charge < -0.3 is 20.0 Å². The molecule has 1 aromatic carbocycles. The zero-order chi connectivity index (χ0) is 19.9. The van der Waals surface area contributed by atoms with Crippen molar-refractivity contribution in [1.82, 2.24) is 20.1 Å². The number of pyridine rings is 1. The zero-order valence-corrected chi connectivity index (χ0v) is 17.7. The average Bonchev–Trinajstić information content (AvgIpc) is 2.69. The van der Waals surface area contributed by atoms with Gasteiger partial charge in [0.15, 0.2) is 5.96 Å². The van der Waals surface area contributed by atoms with Crippen LogP contribution in [0.5, 0.6) is 0 Å². The molecule has 0 spiro atoms. The van der Waals surface area contributed by atoms with Crippen molar-refractivity contribution in [3.05, 3.63) is 58.7 Å². The number of hydrogen-bond acceptors (Lipinski definition) is 4. The number of aliphatic imine (C=N–C) groups is 1. The second-order valence-corrected chi connectivity index (χ2v) is 7.64. The number of piperazine rings is 1. The molecular formula is C21H29ClN6. The molecule has 0 aliphatic carbocycles. The number of benzene rings is 1. The highest BCUT2D eigenvalue weighted by Crippen LogP contribution is 2.15. The third-order valence-electron chi connectivity index (χ3n) is 4.97. The lowest BCUT2D eigenvalue weighted by Gasteiger charge is -2.33. The van der Waals surface area contributed by atoms with Crippen molar-refractivity contribution in [1.29, 1.82) is 0 Å². The molecule has 150 valence electrons. The maximum atomic E-state index is 6.09. The molecule has 0 unspecified atom stereocenters. The minimum Gasteiger partial charge on any atom is -0.354 e. The highest BCUT2D eigenvalue weighted by molar-refractivity contribution is 6.30. The highest BCUT2D eigenvalue weighted by atomic mass is 35.5. The Kier molecular flexibility index (Phi) is 7.12. The van der Waals surface area contributed by atoms with Gasteiger partial charge in [0.1, 0.15) is 5.82 Å². The summed E-state index contributed by atoms with van der Waals surface area (Å²) in [6.45, 7) is 5.63. The van der Waals surface area contributed by atoms with Gasteiger partial charge in [-0.3, -0.25) is 4.99 Å². The van der Waals surface area contributed by atoms with Crippen LogP contribution in [0.3, 0.4) is 0 Å². The molecule has 1 fully saturated rings. The summed E-state index contributed by atoms with van der Waals surface area (Å²) in [5, 5.41) is 4.20. The van der Waals surface area contributed by atoms with E-state index in [1.54, 1.807) is 7.05 Å². The predicted molar refractivity (Wildman–Crippen MR) is 117 cm³/mol. The van der Waals surface area contributed by atoms with E-state index in [-0.39, 0.29) is 0 Å². The molecule has 28 heavy (non-hydrogen) atoms. The van der Waals surface area contributed by atoms with E-state index in [0.29, 0.717) is 6.54 Å². The van der Waals surface area contributed by atoms with E-state index < -0.39 is 0 Å². The zero-order valence-electron chi connectivity index (χ0n) is 16.9. The summed E-state index contributed by atoms with van der Waals surface area (Å²) in [5.41, 5.74) is 2.35. The smallest absolute Gasteiger partial charge is 0.193 e. The van der Waals surface area contributed by atoms with Crippen molar-refractivity contribution in [3.8, 4) is 0 Å². The fraction of sp³-hybridized carbons (Fsp3) is 0.429. The molecule has 2 aromatic rings. The summed E-state index contributed by atoms with van der Waals surface area (Å²) in [6, 6.07) is 12.1. The van der Waals surface area contributed by atoms with Crippen molar-refractivity contribution in [2.45, 2.75) is 13.1 Å². The van der Waals surface area contributed by atoms with Crippen LogP contribution in [-0.2, 0) is 13.1 Å². The molecule has 0 amide bonds. The van der Waals surface area contributed by atoms with Crippen LogP contribution in [0.15, 0.2) is 47.6 Å². The topological polar surface area (TPSA) is 47.0 Å². The van der Waals surface area contributed by atoms with Crippen molar-refractivity contribution in [2.24, 2.45) is 4.99 Å². The molecule has 0 atom stereocenters. The molecule has 1 N–H and O–H groups in total. The number of guanidine groups is 1. The van der Waals surface area contributed by atoms with Gasteiger partial charge in [-0.15, -0.1) is 0 Å². The maximum Gasteiger partial charge on any atom is 0.193 e. The monoisotopic (exact) mass is 400 g/mol. The van der Waals surface area contributed by atoms with Crippen LogP contribution in [0.2, 0.25) is 5.02 Å². The van der Waals surface area contributed by atoms with E-state index in [4.69, 9.17) is 11.6 Å². The molecule has 0 saturated carbocycles. The Morgan fingerprint density at radius 1 is 1.18 bits per heavy atom. The van der Waals surface area contributed by atoms with E-state index >= 15 is 0 Å². The molecule has 2 heterocycles. The van der Waals surface area contributed by atoms with Crippen LogP contribution < -0.4 is 10.2 Å². The van der Waals surface area contributed by atoms with Gasteiger partial charge in [0.05, 0.1) is 0 Å². The number of likely N-dealkylation sites (N-methyl/N-ethyl adjacent to an activating group) is 1. The lowest BCUT2D eigenvalue weighted by molar-refractivity contribution is 0.312. The number of nitrogens with one attached hydrogen (secondary N) is 1.